The van der Waals surface area contributed by atoms with Crippen molar-refractivity contribution in [1.82, 2.24) is 0 Å². The quantitative estimate of drug-likeness (QED) is 0.581. The van der Waals surface area contributed by atoms with Gasteiger partial charge in [-0.2, -0.15) is 0 Å². The van der Waals surface area contributed by atoms with Crippen LogP contribution < -0.4 is 5.30 Å². The van der Waals surface area contributed by atoms with Crippen LogP contribution in [0.4, 0.5) is 0 Å². The van der Waals surface area contributed by atoms with Gasteiger partial charge in [0.05, 0.1) is 0 Å². The Balaban J connectivity index is 0.000000491. The average Bonchev–Trinajstić information content (AvgIpc) is 2.41. The molecule has 2 atom stereocenters. The fourth-order valence-electron chi connectivity index (χ4n) is 2.96. The van der Waals surface area contributed by atoms with E-state index in [1.54, 1.807) is 11.1 Å². The first-order valence-corrected chi connectivity index (χ1v) is 9.11. The first-order valence-electron chi connectivity index (χ1n) is 8.54. The third kappa shape index (κ3) is 5.95. The molecule has 0 heterocycles. The summed E-state index contributed by atoms with van der Waals surface area (Å²) in [5, 5.41) is 1.35. The minimum absolute atomic E-state index is 0.781. The normalized spacial score (nSPS) is 18.5. The van der Waals surface area contributed by atoms with Crippen molar-refractivity contribution < 1.29 is 0 Å². The lowest BCUT2D eigenvalue weighted by molar-refractivity contribution is 0.538. The zero-order valence-corrected chi connectivity index (χ0v) is 15.7. The highest BCUT2D eigenvalue weighted by Gasteiger charge is 2.20. The lowest BCUT2D eigenvalue weighted by Gasteiger charge is -2.27. The summed E-state index contributed by atoms with van der Waals surface area (Å²) in [5.41, 5.74) is 4.82. The predicted octanol–water partition coefficient (Wildman–Crippen LogP) is 6.22. The van der Waals surface area contributed by atoms with E-state index in [9.17, 15) is 0 Å². The van der Waals surface area contributed by atoms with E-state index in [1.807, 2.05) is 0 Å². The molecule has 0 nitrogen and oxygen atoms in total. The third-order valence-corrected chi connectivity index (χ3v) is 4.36. The van der Waals surface area contributed by atoms with Gasteiger partial charge in [-0.25, -0.2) is 0 Å². The molecule has 0 amide bonds. The van der Waals surface area contributed by atoms with Gasteiger partial charge in [-0.3, -0.25) is 0 Å². The molecule has 0 N–H and O–H groups in total. The maximum absolute atomic E-state index is 2.89. The van der Waals surface area contributed by atoms with Gasteiger partial charge in [0, 0.05) is 0 Å². The molecule has 1 unspecified atom stereocenters. The van der Waals surface area contributed by atoms with Crippen LogP contribution in [0.5, 0.6) is 0 Å². The Kier molecular flexibility index (Phi) is 8.27. The summed E-state index contributed by atoms with van der Waals surface area (Å²) in [5.74, 6) is 1.61. The molecule has 118 valence electrons. The van der Waals surface area contributed by atoms with Crippen LogP contribution in [0, 0.1) is 11.8 Å². The summed E-state index contributed by atoms with van der Waals surface area (Å²) in [7, 11) is 2.89. The molecule has 2 rings (SSSR count). The van der Waals surface area contributed by atoms with Crippen molar-refractivity contribution in [3.8, 4) is 0 Å². The van der Waals surface area contributed by atoms with Crippen LogP contribution in [0.3, 0.4) is 0 Å². The highest BCUT2D eigenvalue weighted by molar-refractivity contribution is 7.27. The standard InChI is InChI=1S/C16H23P.C4H10/c1-3-7-13-12(2)8-6-10-14(13)15-9-4-5-11-16(15)17;1-4(2)3/h4-5,9,11-12H,3,6-8,10,17H2,1-2H3;4H,1-3H3/t12-;/m1./s1. The molecule has 1 aromatic rings. The van der Waals surface area contributed by atoms with Crippen molar-refractivity contribution in [2.45, 2.75) is 66.7 Å². The van der Waals surface area contributed by atoms with Crippen molar-refractivity contribution in [2.75, 3.05) is 0 Å². The monoisotopic (exact) mass is 304 g/mol. The number of hydrogen-bond donors (Lipinski definition) is 0. The Morgan fingerprint density at radius 2 is 1.81 bits per heavy atom. The minimum Gasteiger partial charge on any atom is -0.105 e. The SMILES string of the molecule is CC(C)C.CCCC1=C(c2ccccc2P)CCC[C@H]1C. The Bertz CT molecular complexity index is 454. The van der Waals surface area contributed by atoms with Crippen LogP contribution in [0.25, 0.3) is 5.57 Å². The van der Waals surface area contributed by atoms with Gasteiger partial charge in [-0.05, 0) is 54.0 Å². The van der Waals surface area contributed by atoms with Crippen LogP contribution in [-0.2, 0) is 0 Å². The number of hydrogen-bond acceptors (Lipinski definition) is 0. The average molecular weight is 304 g/mol. The third-order valence-electron chi connectivity index (χ3n) is 3.85. The lowest BCUT2D eigenvalue weighted by atomic mass is 9.79. The van der Waals surface area contributed by atoms with Gasteiger partial charge in [0.25, 0.3) is 0 Å². The molecule has 0 saturated heterocycles. The van der Waals surface area contributed by atoms with Crippen LogP contribution in [-0.4, -0.2) is 0 Å². The van der Waals surface area contributed by atoms with Crippen LogP contribution in [0.1, 0.15) is 72.3 Å². The van der Waals surface area contributed by atoms with Crippen molar-refractivity contribution in [3.63, 3.8) is 0 Å². The molecule has 0 radical (unpaired) electrons. The molecular weight excluding hydrogens is 271 g/mol. The molecule has 0 bridgehead atoms. The van der Waals surface area contributed by atoms with E-state index >= 15 is 0 Å². The van der Waals surface area contributed by atoms with E-state index in [-0.39, 0.29) is 0 Å². The Morgan fingerprint density at radius 3 is 2.38 bits per heavy atom. The van der Waals surface area contributed by atoms with E-state index in [0.717, 1.165) is 11.8 Å². The minimum atomic E-state index is 0.781. The summed E-state index contributed by atoms with van der Waals surface area (Å²) in [6, 6.07) is 8.78. The smallest absolute Gasteiger partial charge is 0.0153 e. The van der Waals surface area contributed by atoms with Crippen molar-refractivity contribution >= 4 is 20.1 Å². The molecule has 0 aliphatic heterocycles. The van der Waals surface area contributed by atoms with Crippen molar-refractivity contribution in [3.05, 3.63) is 35.4 Å². The second-order valence-electron chi connectivity index (χ2n) is 6.87. The fourth-order valence-corrected chi connectivity index (χ4v) is 3.34. The van der Waals surface area contributed by atoms with Gasteiger partial charge in [0.1, 0.15) is 0 Å². The molecular formula is C20H33P. The second kappa shape index (κ2) is 9.42. The van der Waals surface area contributed by atoms with Crippen molar-refractivity contribution in [2.24, 2.45) is 11.8 Å². The first kappa shape index (κ1) is 18.4. The first-order chi connectivity index (χ1) is 9.97. The summed E-state index contributed by atoms with van der Waals surface area (Å²) in [6.07, 6.45) is 6.53. The molecule has 1 heteroatoms. The number of benzene rings is 1. The van der Waals surface area contributed by atoms with Gasteiger partial charge in [-0.15, -0.1) is 9.24 Å². The van der Waals surface area contributed by atoms with Gasteiger partial charge in [0.15, 0.2) is 0 Å². The van der Waals surface area contributed by atoms with E-state index in [0.29, 0.717) is 0 Å². The fraction of sp³-hybridized carbons (Fsp3) is 0.600. The highest BCUT2D eigenvalue weighted by Crippen LogP contribution is 2.37. The lowest BCUT2D eigenvalue weighted by Crippen LogP contribution is -2.12. The molecule has 0 fully saturated rings. The number of rotatable bonds is 3. The van der Waals surface area contributed by atoms with E-state index < -0.39 is 0 Å². The zero-order chi connectivity index (χ0) is 15.8. The zero-order valence-electron chi connectivity index (χ0n) is 14.6. The second-order valence-corrected chi connectivity index (χ2v) is 7.49. The molecule has 21 heavy (non-hydrogen) atoms. The summed E-state index contributed by atoms with van der Waals surface area (Å²) < 4.78 is 0. The van der Waals surface area contributed by atoms with Gasteiger partial charge in [-0.1, -0.05) is 70.9 Å². The largest absolute Gasteiger partial charge is 0.105 e. The molecule has 1 aliphatic carbocycles. The Morgan fingerprint density at radius 1 is 1.19 bits per heavy atom. The highest BCUT2D eigenvalue weighted by atomic mass is 31.0. The topological polar surface area (TPSA) is 0 Å². The molecule has 0 saturated carbocycles. The van der Waals surface area contributed by atoms with Crippen LogP contribution in [0.15, 0.2) is 29.8 Å². The Labute approximate surface area is 134 Å². The number of allylic oxidation sites excluding steroid dienone is 2. The predicted molar refractivity (Wildman–Crippen MR) is 101 cm³/mol. The van der Waals surface area contributed by atoms with Gasteiger partial charge < -0.3 is 0 Å². The van der Waals surface area contributed by atoms with E-state index in [2.05, 4.69) is 68.1 Å². The summed E-state index contributed by atoms with van der Waals surface area (Å²) >= 11 is 0. The van der Waals surface area contributed by atoms with Gasteiger partial charge >= 0.3 is 0 Å². The van der Waals surface area contributed by atoms with Crippen molar-refractivity contribution in [1.29, 1.82) is 0 Å². The van der Waals surface area contributed by atoms with E-state index in [4.69, 9.17) is 0 Å². The summed E-state index contributed by atoms with van der Waals surface area (Å²) in [4.78, 5) is 0. The molecule has 1 aliphatic rings. The van der Waals surface area contributed by atoms with E-state index in [1.165, 1.54) is 43.0 Å². The molecule has 1 aromatic carbocycles. The Hall–Kier alpha value is -0.610. The maximum Gasteiger partial charge on any atom is -0.0153 e. The van der Waals surface area contributed by atoms with Crippen LogP contribution in [0.2, 0.25) is 0 Å². The van der Waals surface area contributed by atoms with Gasteiger partial charge in [0.2, 0.25) is 0 Å². The summed E-state index contributed by atoms with van der Waals surface area (Å²) in [6.45, 7) is 11.2. The molecule has 0 aromatic heterocycles. The molecule has 0 spiro atoms. The maximum atomic E-state index is 2.89. The van der Waals surface area contributed by atoms with Crippen LogP contribution >= 0.6 is 9.24 Å².